The van der Waals surface area contributed by atoms with Gasteiger partial charge in [0, 0.05) is 19.5 Å². The second kappa shape index (κ2) is 5.49. The summed E-state index contributed by atoms with van der Waals surface area (Å²) in [6.45, 7) is 4.87. The standard InChI is InChI=1S/C14H20ClN3O/c1-3-7-18-12(8-14(2,19)9-16)17-11-6-4-5-10(15)13(11)18/h4-6,19H,3,7-9,16H2,1-2H3. The summed E-state index contributed by atoms with van der Waals surface area (Å²) >= 11 is 6.27. The van der Waals surface area contributed by atoms with Crippen LogP contribution in [-0.4, -0.2) is 26.8 Å². The Morgan fingerprint density at radius 3 is 2.84 bits per heavy atom. The molecule has 0 bridgehead atoms. The van der Waals surface area contributed by atoms with Crippen LogP contribution in [0.15, 0.2) is 18.2 Å². The third kappa shape index (κ3) is 2.91. The van der Waals surface area contributed by atoms with Crippen molar-refractivity contribution in [2.75, 3.05) is 6.54 Å². The Labute approximate surface area is 118 Å². The quantitative estimate of drug-likeness (QED) is 0.884. The highest BCUT2D eigenvalue weighted by atomic mass is 35.5. The van der Waals surface area contributed by atoms with Crippen LogP contribution in [0, 0.1) is 0 Å². The van der Waals surface area contributed by atoms with E-state index in [4.69, 9.17) is 17.3 Å². The number of rotatable bonds is 5. The third-order valence-corrected chi connectivity index (χ3v) is 3.53. The van der Waals surface area contributed by atoms with Crippen molar-refractivity contribution < 1.29 is 5.11 Å². The molecule has 1 unspecified atom stereocenters. The first-order chi connectivity index (χ1) is 8.98. The van der Waals surface area contributed by atoms with Crippen LogP contribution in [0.4, 0.5) is 0 Å². The molecule has 3 N–H and O–H groups in total. The van der Waals surface area contributed by atoms with Gasteiger partial charge in [-0.25, -0.2) is 4.98 Å². The van der Waals surface area contributed by atoms with E-state index in [9.17, 15) is 5.11 Å². The Kier molecular flexibility index (Phi) is 4.13. The van der Waals surface area contributed by atoms with E-state index in [1.54, 1.807) is 6.92 Å². The summed E-state index contributed by atoms with van der Waals surface area (Å²) in [7, 11) is 0. The van der Waals surface area contributed by atoms with E-state index < -0.39 is 5.60 Å². The molecule has 5 heteroatoms. The smallest absolute Gasteiger partial charge is 0.112 e. The molecule has 0 spiro atoms. The van der Waals surface area contributed by atoms with E-state index in [1.165, 1.54) is 0 Å². The summed E-state index contributed by atoms with van der Waals surface area (Å²) in [5.41, 5.74) is 6.45. The summed E-state index contributed by atoms with van der Waals surface area (Å²) in [5.74, 6) is 0.834. The number of benzene rings is 1. The van der Waals surface area contributed by atoms with Crippen molar-refractivity contribution in [2.45, 2.75) is 38.8 Å². The molecule has 0 saturated carbocycles. The van der Waals surface area contributed by atoms with Gasteiger partial charge in [-0.2, -0.15) is 0 Å². The average Bonchev–Trinajstić information content (AvgIpc) is 2.69. The Hall–Kier alpha value is -1.10. The van der Waals surface area contributed by atoms with Crippen molar-refractivity contribution in [3.05, 3.63) is 29.0 Å². The van der Waals surface area contributed by atoms with Crippen molar-refractivity contribution in [2.24, 2.45) is 5.73 Å². The van der Waals surface area contributed by atoms with Gasteiger partial charge >= 0.3 is 0 Å². The van der Waals surface area contributed by atoms with Crippen molar-refractivity contribution in [3.8, 4) is 0 Å². The van der Waals surface area contributed by atoms with Crippen LogP contribution in [0.5, 0.6) is 0 Å². The van der Waals surface area contributed by atoms with Crippen molar-refractivity contribution in [3.63, 3.8) is 0 Å². The first-order valence-corrected chi connectivity index (χ1v) is 6.92. The first kappa shape index (κ1) is 14.3. The molecule has 1 aromatic carbocycles. The molecular weight excluding hydrogens is 262 g/mol. The monoisotopic (exact) mass is 281 g/mol. The molecule has 2 rings (SSSR count). The van der Waals surface area contributed by atoms with E-state index in [2.05, 4.69) is 16.5 Å². The molecule has 104 valence electrons. The first-order valence-electron chi connectivity index (χ1n) is 6.54. The minimum Gasteiger partial charge on any atom is -0.388 e. The highest BCUT2D eigenvalue weighted by Crippen LogP contribution is 2.26. The summed E-state index contributed by atoms with van der Waals surface area (Å²) in [5, 5.41) is 10.8. The fourth-order valence-electron chi connectivity index (χ4n) is 2.20. The maximum absolute atomic E-state index is 10.2. The number of para-hydroxylation sites is 1. The van der Waals surface area contributed by atoms with E-state index >= 15 is 0 Å². The summed E-state index contributed by atoms with van der Waals surface area (Å²) in [6.07, 6.45) is 1.41. The maximum Gasteiger partial charge on any atom is 0.112 e. The number of aromatic nitrogens is 2. The van der Waals surface area contributed by atoms with Gasteiger partial charge in [0.25, 0.3) is 0 Å². The molecule has 0 amide bonds. The Bertz CT molecular complexity index is 577. The minimum atomic E-state index is -0.945. The largest absolute Gasteiger partial charge is 0.388 e. The molecule has 1 heterocycles. The predicted molar refractivity (Wildman–Crippen MR) is 78.4 cm³/mol. The van der Waals surface area contributed by atoms with Crippen molar-refractivity contribution in [1.29, 1.82) is 0 Å². The van der Waals surface area contributed by atoms with Crippen molar-refractivity contribution >= 4 is 22.6 Å². The SMILES string of the molecule is CCCn1c(CC(C)(O)CN)nc2cccc(Cl)c21. The van der Waals surface area contributed by atoms with Gasteiger partial charge in [0.05, 0.1) is 21.7 Å². The lowest BCUT2D eigenvalue weighted by Crippen LogP contribution is -2.37. The number of hydrogen-bond donors (Lipinski definition) is 2. The molecule has 0 aliphatic rings. The lowest BCUT2D eigenvalue weighted by molar-refractivity contribution is 0.0667. The fourth-order valence-corrected chi connectivity index (χ4v) is 2.47. The normalized spacial score (nSPS) is 14.8. The second-order valence-corrected chi connectivity index (χ2v) is 5.57. The van der Waals surface area contributed by atoms with Gasteiger partial charge in [-0.3, -0.25) is 0 Å². The molecule has 1 aromatic heterocycles. The van der Waals surface area contributed by atoms with Crippen LogP contribution < -0.4 is 5.73 Å². The van der Waals surface area contributed by atoms with Crippen LogP contribution >= 0.6 is 11.6 Å². The highest BCUT2D eigenvalue weighted by Gasteiger charge is 2.23. The summed E-state index contributed by atoms with van der Waals surface area (Å²) in [4.78, 5) is 4.59. The number of aliphatic hydroxyl groups is 1. The number of nitrogens with two attached hydrogens (primary N) is 1. The molecule has 0 radical (unpaired) electrons. The van der Waals surface area contributed by atoms with Crippen LogP contribution in [-0.2, 0) is 13.0 Å². The summed E-state index contributed by atoms with van der Waals surface area (Å²) in [6, 6.07) is 5.69. The number of aryl methyl sites for hydroxylation is 1. The minimum absolute atomic E-state index is 0.204. The second-order valence-electron chi connectivity index (χ2n) is 5.17. The molecule has 0 fully saturated rings. The van der Waals surface area contributed by atoms with Crippen LogP contribution in [0.25, 0.3) is 11.0 Å². The molecule has 0 aliphatic heterocycles. The van der Waals surface area contributed by atoms with E-state index in [1.807, 2.05) is 18.2 Å². The average molecular weight is 282 g/mol. The number of imidazole rings is 1. The fraction of sp³-hybridized carbons (Fsp3) is 0.500. The zero-order valence-corrected chi connectivity index (χ0v) is 12.1. The number of halogens is 1. The zero-order chi connectivity index (χ0) is 14.0. The lowest BCUT2D eigenvalue weighted by atomic mass is 10.0. The molecule has 19 heavy (non-hydrogen) atoms. The Morgan fingerprint density at radius 2 is 2.21 bits per heavy atom. The third-order valence-electron chi connectivity index (χ3n) is 3.22. The maximum atomic E-state index is 10.2. The van der Waals surface area contributed by atoms with Crippen LogP contribution in [0.2, 0.25) is 5.02 Å². The van der Waals surface area contributed by atoms with Crippen LogP contribution in [0.1, 0.15) is 26.1 Å². The van der Waals surface area contributed by atoms with Gasteiger partial charge in [-0.15, -0.1) is 0 Å². The predicted octanol–water partition coefficient (Wildman–Crippen LogP) is 2.35. The molecular formula is C14H20ClN3O. The van der Waals surface area contributed by atoms with Gasteiger partial charge in [0.2, 0.25) is 0 Å². The Morgan fingerprint density at radius 1 is 1.47 bits per heavy atom. The van der Waals surface area contributed by atoms with E-state index in [0.29, 0.717) is 11.4 Å². The van der Waals surface area contributed by atoms with Gasteiger partial charge in [-0.1, -0.05) is 24.6 Å². The molecule has 2 aromatic rings. The van der Waals surface area contributed by atoms with E-state index in [0.717, 1.165) is 29.8 Å². The Balaban J connectivity index is 2.54. The summed E-state index contributed by atoms with van der Waals surface area (Å²) < 4.78 is 2.09. The topological polar surface area (TPSA) is 64.1 Å². The highest BCUT2D eigenvalue weighted by molar-refractivity contribution is 6.35. The lowest BCUT2D eigenvalue weighted by Gasteiger charge is -2.21. The molecule has 0 aliphatic carbocycles. The molecule has 0 saturated heterocycles. The number of fused-ring (bicyclic) bond motifs is 1. The number of hydrogen-bond acceptors (Lipinski definition) is 3. The van der Waals surface area contributed by atoms with E-state index in [-0.39, 0.29) is 6.54 Å². The van der Waals surface area contributed by atoms with Gasteiger partial charge in [-0.05, 0) is 25.5 Å². The van der Waals surface area contributed by atoms with Gasteiger partial charge in [0.1, 0.15) is 5.82 Å². The number of nitrogens with zero attached hydrogens (tertiary/aromatic N) is 2. The van der Waals surface area contributed by atoms with Crippen LogP contribution in [0.3, 0.4) is 0 Å². The van der Waals surface area contributed by atoms with Crippen molar-refractivity contribution in [1.82, 2.24) is 9.55 Å². The molecule has 1 atom stereocenters. The van der Waals surface area contributed by atoms with Gasteiger partial charge in [0.15, 0.2) is 0 Å². The molecule has 4 nitrogen and oxygen atoms in total. The van der Waals surface area contributed by atoms with Gasteiger partial charge < -0.3 is 15.4 Å². The zero-order valence-electron chi connectivity index (χ0n) is 11.4.